The van der Waals surface area contributed by atoms with E-state index in [2.05, 4.69) is 204 Å². The molecular weight excluding hydrogens is 667 g/mol. The summed E-state index contributed by atoms with van der Waals surface area (Å²) in [6.07, 6.45) is 2.51. The summed E-state index contributed by atoms with van der Waals surface area (Å²) >= 11 is 0. The molecule has 260 valence electrons. The fourth-order valence-corrected chi connectivity index (χ4v) is 10.1. The van der Waals surface area contributed by atoms with E-state index < -0.39 is 0 Å². The molecule has 2 N–H and O–H groups in total. The number of rotatable bonds is 3. The van der Waals surface area contributed by atoms with E-state index in [1.807, 2.05) is 0 Å². The van der Waals surface area contributed by atoms with E-state index in [1.165, 1.54) is 105 Å². The zero-order valence-electron chi connectivity index (χ0n) is 30.8. The van der Waals surface area contributed by atoms with Gasteiger partial charge in [0.2, 0.25) is 0 Å². The molecule has 2 aromatic heterocycles. The fraction of sp³-hybridized carbons (Fsp3) is 0.0769. The molecule has 10 aromatic rings. The van der Waals surface area contributed by atoms with Crippen molar-refractivity contribution >= 4 is 65.8 Å². The molecule has 55 heavy (non-hydrogen) atoms. The van der Waals surface area contributed by atoms with E-state index in [0.29, 0.717) is 0 Å². The molecule has 1 aliphatic heterocycles. The van der Waals surface area contributed by atoms with E-state index >= 15 is 0 Å². The van der Waals surface area contributed by atoms with Crippen molar-refractivity contribution in [3.63, 3.8) is 0 Å². The molecule has 2 aliphatic rings. The van der Waals surface area contributed by atoms with E-state index in [0.717, 1.165) is 0 Å². The molecule has 0 radical (unpaired) electrons. The molecule has 0 spiro atoms. The number of quaternary nitrogens is 1. The van der Waals surface area contributed by atoms with Crippen LogP contribution in [0.3, 0.4) is 0 Å². The second-order valence-electron chi connectivity index (χ2n) is 15.9. The summed E-state index contributed by atoms with van der Waals surface area (Å²) in [5, 5.41) is 10.2. The van der Waals surface area contributed by atoms with Crippen LogP contribution in [0.4, 0.5) is 5.69 Å². The molecule has 1 unspecified atom stereocenters. The molecule has 3 heterocycles. The molecule has 3 heteroatoms. The zero-order chi connectivity index (χ0) is 36.4. The largest absolute Gasteiger partial charge is 0.309 e. The highest BCUT2D eigenvalue weighted by atomic mass is 15.0. The van der Waals surface area contributed by atoms with Gasteiger partial charge in [-0.2, -0.15) is 0 Å². The first kappa shape index (κ1) is 30.7. The Labute approximate surface area is 319 Å². The lowest BCUT2D eigenvalue weighted by molar-refractivity contribution is -0.607. The lowest BCUT2D eigenvalue weighted by atomic mass is 9.81. The summed E-state index contributed by atoms with van der Waals surface area (Å²) in [7, 11) is 0. The van der Waals surface area contributed by atoms with E-state index in [1.54, 1.807) is 0 Å². The van der Waals surface area contributed by atoms with Crippen LogP contribution in [0.15, 0.2) is 176 Å². The van der Waals surface area contributed by atoms with Crippen LogP contribution in [-0.4, -0.2) is 9.13 Å². The van der Waals surface area contributed by atoms with Crippen molar-refractivity contribution < 1.29 is 5.32 Å². The summed E-state index contributed by atoms with van der Waals surface area (Å²) in [5.41, 5.74) is 16.6. The molecule has 1 aliphatic carbocycles. The number of hydrogen-bond donors (Lipinski definition) is 1. The average molecular weight is 705 g/mol. The second kappa shape index (κ2) is 11.2. The van der Waals surface area contributed by atoms with Gasteiger partial charge in [0, 0.05) is 50.4 Å². The average Bonchev–Trinajstić information content (AvgIpc) is 3.83. The smallest absolute Gasteiger partial charge is 0.140 e. The normalized spacial score (nSPS) is 15.8. The molecule has 12 rings (SSSR count). The third kappa shape index (κ3) is 4.24. The monoisotopic (exact) mass is 704 g/mol. The Balaban J connectivity index is 1.09. The number of nitrogens with two attached hydrogens (primary N) is 1. The highest BCUT2D eigenvalue weighted by Crippen LogP contribution is 2.51. The van der Waals surface area contributed by atoms with E-state index in [-0.39, 0.29) is 11.5 Å². The van der Waals surface area contributed by atoms with Crippen molar-refractivity contribution in [2.75, 3.05) is 0 Å². The van der Waals surface area contributed by atoms with Gasteiger partial charge in [-0.05, 0) is 75.5 Å². The maximum absolute atomic E-state index is 2.54. The van der Waals surface area contributed by atoms with E-state index in [4.69, 9.17) is 0 Å². The van der Waals surface area contributed by atoms with Crippen molar-refractivity contribution in [3.8, 4) is 16.8 Å². The van der Waals surface area contributed by atoms with Crippen LogP contribution in [0.5, 0.6) is 0 Å². The Bertz CT molecular complexity index is 3210. The number of nitrogens with zero attached hydrogens (tertiary/aromatic N) is 2. The first-order valence-electron chi connectivity index (χ1n) is 19.4. The minimum absolute atomic E-state index is 0.0799. The predicted octanol–water partition coefficient (Wildman–Crippen LogP) is 12.2. The summed E-state index contributed by atoms with van der Waals surface area (Å²) in [6.45, 7) is 4.76. The molecule has 8 aromatic carbocycles. The van der Waals surface area contributed by atoms with Gasteiger partial charge in [-0.1, -0.05) is 135 Å². The molecule has 0 amide bonds. The van der Waals surface area contributed by atoms with Gasteiger partial charge in [0.15, 0.2) is 0 Å². The number of hydrogen-bond acceptors (Lipinski definition) is 0. The summed E-state index contributed by atoms with van der Waals surface area (Å²) in [5.74, 6) is 0. The number of para-hydroxylation sites is 3. The van der Waals surface area contributed by atoms with Gasteiger partial charge in [-0.25, -0.2) is 0 Å². The van der Waals surface area contributed by atoms with Crippen LogP contribution in [-0.2, 0) is 5.41 Å². The third-order valence-corrected chi connectivity index (χ3v) is 12.6. The first-order valence-corrected chi connectivity index (χ1v) is 19.4. The van der Waals surface area contributed by atoms with Crippen molar-refractivity contribution in [2.45, 2.75) is 25.3 Å². The Hall–Kier alpha value is -6.68. The fourth-order valence-electron chi connectivity index (χ4n) is 10.1. The van der Waals surface area contributed by atoms with Gasteiger partial charge in [0.25, 0.3) is 0 Å². The Kier molecular flexibility index (Phi) is 6.25. The maximum Gasteiger partial charge on any atom is 0.140 e. The molecular formula is C52H38N3+. The van der Waals surface area contributed by atoms with Gasteiger partial charge >= 0.3 is 0 Å². The van der Waals surface area contributed by atoms with Gasteiger partial charge in [0.05, 0.1) is 33.3 Å². The van der Waals surface area contributed by atoms with Crippen molar-refractivity contribution in [2.24, 2.45) is 0 Å². The minimum atomic E-state index is -0.0820. The van der Waals surface area contributed by atoms with Crippen LogP contribution < -0.4 is 5.32 Å². The third-order valence-electron chi connectivity index (χ3n) is 12.6. The maximum atomic E-state index is 2.54. The molecule has 3 nitrogen and oxygen atoms in total. The van der Waals surface area contributed by atoms with Crippen molar-refractivity contribution in [1.82, 2.24) is 9.13 Å². The van der Waals surface area contributed by atoms with Gasteiger partial charge in [-0.3, -0.25) is 0 Å². The lowest BCUT2D eigenvalue weighted by Crippen LogP contribution is -2.80. The quantitative estimate of drug-likeness (QED) is 0.177. The van der Waals surface area contributed by atoms with Gasteiger partial charge < -0.3 is 14.5 Å². The highest BCUT2D eigenvalue weighted by molar-refractivity contribution is 6.22. The summed E-state index contributed by atoms with van der Waals surface area (Å²) in [4.78, 5) is 0. The lowest BCUT2D eigenvalue weighted by Gasteiger charge is -2.27. The molecule has 0 bridgehead atoms. The predicted molar refractivity (Wildman–Crippen MR) is 229 cm³/mol. The minimum Gasteiger partial charge on any atom is -0.309 e. The summed E-state index contributed by atoms with van der Waals surface area (Å²) < 4.78 is 4.95. The van der Waals surface area contributed by atoms with Crippen molar-refractivity contribution in [1.29, 1.82) is 0 Å². The summed E-state index contributed by atoms with van der Waals surface area (Å²) in [6, 6.07) is 63.2. The van der Waals surface area contributed by atoms with Crippen molar-refractivity contribution in [3.05, 3.63) is 198 Å². The van der Waals surface area contributed by atoms with Crippen LogP contribution >= 0.6 is 0 Å². The second-order valence-corrected chi connectivity index (χ2v) is 15.9. The Morgan fingerprint density at radius 1 is 0.473 bits per heavy atom. The van der Waals surface area contributed by atoms with E-state index in [9.17, 15) is 0 Å². The molecule has 0 saturated carbocycles. The van der Waals surface area contributed by atoms with Gasteiger partial charge in [-0.15, -0.1) is 0 Å². The molecule has 1 atom stereocenters. The van der Waals surface area contributed by atoms with Crippen LogP contribution in [0, 0.1) is 0 Å². The van der Waals surface area contributed by atoms with Gasteiger partial charge in [0.1, 0.15) is 11.7 Å². The molecule has 0 saturated heterocycles. The zero-order valence-corrected chi connectivity index (χ0v) is 30.8. The van der Waals surface area contributed by atoms with Crippen LogP contribution in [0.2, 0.25) is 0 Å². The number of benzene rings is 8. The Morgan fingerprint density at radius 2 is 1.09 bits per heavy atom. The highest BCUT2D eigenvalue weighted by Gasteiger charge is 2.38. The number of aromatic nitrogens is 2. The SMILES string of the molecule is CC1(C)c2ccccc2-c2cc3c(cc21)[NH2+]C(c1ccc(-n2c4ccccc4c4ccccc42)cc1)C=C3n1c2ccccc2c2c3ccccc3ccc21. The van der Waals surface area contributed by atoms with Crippen LogP contribution in [0.1, 0.15) is 42.1 Å². The standard InChI is InChI=1S/C52H37N3/c1-52(2)42-19-9-5-15-36(42)40-29-41-45(30-43(40)52)53-44(33-23-26-34(27-24-33)54-46-20-10-6-16-37(46)38-17-7-11-21-47(38)54)31-50(41)55-48-22-12-8-18-39(48)51-35-14-4-3-13-32(35)25-28-49(51)55/h3-31,44,53H,1-2H3/p+1. The Morgan fingerprint density at radius 3 is 1.84 bits per heavy atom. The molecule has 0 fully saturated rings. The first-order chi connectivity index (χ1) is 27.0. The topological polar surface area (TPSA) is 26.5 Å². The van der Waals surface area contributed by atoms with Crippen LogP contribution in [0.25, 0.3) is 76.9 Å². The number of fused-ring (bicyclic) bond motifs is 12.